The van der Waals surface area contributed by atoms with Crippen LogP contribution in [0.4, 0.5) is 5.69 Å². The Kier molecular flexibility index (Phi) is 5.67. The van der Waals surface area contributed by atoms with E-state index in [9.17, 15) is 9.59 Å². The predicted molar refractivity (Wildman–Crippen MR) is 94.3 cm³/mol. The van der Waals surface area contributed by atoms with Gasteiger partial charge < -0.3 is 19.5 Å². The molecular weight excluding hydrogens is 342 g/mol. The van der Waals surface area contributed by atoms with E-state index in [4.69, 9.17) is 14.2 Å². The van der Waals surface area contributed by atoms with E-state index in [0.717, 1.165) is 4.88 Å². The van der Waals surface area contributed by atoms with Gasteiger partial charge in [-0.15, -0.1) is 11.3 Å². The van der Waals surface area contributed by atoms with E-state index in [1.165, 1.54) is 11.3 Å². The highest BCUT2D eigenvalue weighted by atomic mass is 32.1. The van der Waals surface area contributed by atoms with E-state index in [0.29, 0.717) is 31.1 Å². The van der Waals surface area contributed by atoms with E-state index in [2.05, 4.69) is 5.32 Å². The summed E-state index contributed by atoms with van der Waals surface area (Å²) in [5.41, 5.74) is 0.816. The van der Waals surface area contributed by atoms with Gasteiger partial charge in [0.05, 0.1) is 19.6 Å². The molecule has 1 atom stereocenters. The van der Waals surface area contributed by atoms with E-state index in [1.54, 1.807) is 25.1 Å². The third-order valence-electron chi connectivity index (χ3n) is 3.50. The molecule has 1 N–H and O–H groups in total. The molecule has 1 fully saturated rings. The number of carbonyl (C=O) groups excluding carboxylic acids is 2. The van der Waals surface area contributed by atoms with E-state index < -0.39 is 5.97 Å². The number of ether oxygens (including phenoxy) is 3. The number of hydrogen-bond donors (Lipinski definition) is 1. The number of epoxide rings is 1. The molecule has 25 heavy (non-hydrogen) atoms. The smallest absolute Gasteiger partial charge is 0.341 e. The molecule has 0 radical (unpaired) electrons. The summed E-state index contributed by atoms with van der Waals surface area (Å²) < 4.78 is 15.8. The maximum Gasteiger partial charge on any atom is 0.341 e. The Morgan fingerprint density at radius 3 is 2.88 bits per heavy atom. The first-order chi connectivity index (χ1) is 12.2. The molecule has 6 nitrogen and oxygen atoms in total. The largest absolute Gasteiger partial charge is 0.490 e. The zero-order chi connectivity index (χ0) is 17.6. The average molecular weight is 361 g/mol. The van der Waals surface area contributed by atoms with Crippen molar-refractivity contribution in [1.82, 2.24) is 0 Å². The van der Waals surface area contributed by atoms with Gasteiger partial charge in [0.2, 0.25) is 5.91 Å². The Morgan fingerprint density at radius 2 is 2.20 bits per heavy atom. The minimum atomic E-state index is -0.483. The summed E-state index contributed by atoms with van der Waals surface area (Å²) in [4.78, 5) is 25.3. The van der Waals surface area contributed by atoms with Gasteiger partial charge in [0.1, 0.15) is 24.0 Å². The number of benzene rings is 1. The van der Waals surface area contributed by atoms with Crippen LogP contribution in [0.3, 0.4) is 0 Å². The maximum absolute atomic E-state index is 12.2. The zero-order valence-corrected chi connectivity index (χ0v) is 14.6. The van der Waals surface area contributed by atoms with Crippen molar-refractivity contribution in [3.63, 3.8) is 0 Å². The van der Waals surface area contributed by atoms with Crippen molar-refractivity contribution < 1.29 is 23.8 Å². The summed E-state index contributed by atoms with van der Waals surface area (Å²) in [6.45, 7) is 3.06. The van der Waals surface area contributed by atoms with Crippen LogP contribution in [0.5, 0.6) is 5.75 Å². The van der Waals surface area contributed by atoms with Gasteiger partial charge in [-0.3, -0.25) is 4.79 Å². The van der Waals surface area contributed by atoms with Crippen molar-refractivity contribution in [3.05, 3.63) is 46.2 Å². The average Bonchev–Trinajstić information content (AvgIpc) is 3.29. The fourth-order valence-electron chi connectivity index (χ4n) is 2.23. The Morgan fingerprint density at radius 1 is 1.36 bits per heavy atom. The molecule has 2 aromatic rings. The van der Waals surface area contributed by atoms with Crippen LogP contribution in [0.1, 0.15) is 22.2 Å². The molecule has 3 rings (SSSR count). The van der Waals surface area contributed by atoms with Gasteiger partial charge >= 0.3 is 5.97 Å². The molecule has 0 saturated carbocycles. The van der Waals surface area contributed by atoms with Gasteiger partial charge in [0, 0.05) is 10.6 Å². The first kappa shape index (κ1) is 17.4. The van der Waals surface area contributed by atoms with Crippen LogP contribution in [-0.2, 0) is 20.7 Å². The fraction of sp³-hybridized carbons (Fsp3) is 0.333. The molecule has 7 heteroatoms. The number of rotatable bonds is 8. The van der Waals surface area contributed by atoms with Gasteiger partial charge in [0.25, 0.3) is 0 Å². The zero-order valence-electron chi connectivity index (χ0n) is 13.8. The van der Waals surface area contributed by atoms with Gasteiger partial charge in [-0.05, 0) is 36.6 Å². The lowest BCUT2D eigenvalue weighted by atomic mass is 10.1. The van der Waals surface area contributed by atoms with E-state index >= 15 is 0 Å². The first-order valence-corrected chi connectivity index (χ1v) is 8.91. The van der Waals surface area contributed by atoms with Gasteiger partial charge in [0.15, 0.2) is 0 Å². The minimum absolute atomic E-state index is 0.0835. The molecule has 1 aromatic heterocycles. The molecule has 0 aliphatic carbocycles. The first-order valence-electron chi connectivity index (χ1n) is 8.03. The SMILES string of the molecule is CCOC(=O)c1cc(NC(=O)Cc2cccs2)ccc1OCC1CO1. The number of amides is 1. The molecule has 1 aromatic carbocycles. The van der Waals surface area contributed by atoms with Crippen LogP contribution in [0, 0.1) is 0 Å². The van der Waals surface area contributed by atoms with Crippen LogP contribution < -0.4 is 10.1 Å². The number of esters is 1. The lowest BCUT2D eigenvalue weighted by molar-refractivity contribution is -0.115. The monoisotopic (exact) mass is 361 g/mol. The van der Waals surface area contributed by atoms with Crippen molar-refractivity contribution in [2.45, 2.75) is 19.4 Å². The highest BCUT2D eigenvalue weighted by molar-refractivity contribution is 7.10. The molecule has 0 spiro atoms. The molecular formula is C18H19NO5S. The Balaban J connectivity index is 1.71. The van der Waals surface area contributed by atoms with Crippen LogP contribution in [0.15, 0.2) is 35.7 Å². The highest BCUT2D eigenvalue weighted by Gasteiger charge is 2.24. The van der Waals surface area contributed by atoms with Crippen LogP contribution >= 0.6 is 11.3 Å². The van der Waals surface area contributed by atoms with Crippen molar-refractivity contribution in [2.24, 2.45) is 0 Å². The number of carbonyl (C=O) groups is 2. The minimum Gasteiger partial charge on any atom is -0.490 e. The second-order valence-corrected chi connectivity index (χ2v) is 6.53. The standard InChI is InChI=1S/C18H19NO5S/c1-2-22-18(21)15-8-12(5-6-16(15)24-11-13-10-23-13)19-17(20)9-14-4-3-7-25-14/h3-8,13H,2,9-11H2,1H3,(H,19,20). The van der Waals surface area contributed by atoms with Crippen LogP contribution in [-0.4, -0.2) is 37.8 Å². The molecule has 2 heterocycles. The number of hydrogen-bond acceptors (Lipinski definition) is 6. The fourth-order valence-corrected chi connectivity index (χ4v) is 2.93. The normalized spacial score (nSPS) is 15.5. The Bertz CT molecular complexity index is 740. The number of thiophene rings is 1. The van der Waals surface area contributed by atoms with Crippen molar-refractivity contribution >= 4 is 28.9 Å². The van der Waals surface area contributed by atoms with Gasteiger partial charge in [-0.25, -0.2) is 4.79 Å². The topological polar surface area (TPSA) is 77.2 Å². The lowest BCUT2D eigenvalue weighted by Crippen LogP contribution is -2.15. The second kappa shape index (κ2) is 8.13. The van der Waals surface area contributed by atoms with E-state index in [-0.39, 0.29) is 24.2 Å². The molecule has 1 aliphatic heterocycles. The third kappa shape index (κ3) is 5.04. The summed E-state index contributed by atoms with van der Waals surface area (Å²) >= 11 is 1.53. The molecule has 1 saturated heterocycles. The van der Waals surface area contributed by atoms with E-state index in [1.807, 2.05) is 17.5 Å². The molecule has 1 aliphatic rings. The predicted octanol–water partition coefficient (Wildman–Crippen LogP) is 2.88. The number of nitrogens with one attached hydrogen (secondary N) is 1. The third-order valence-corrected chi connectivity index (χ3v) is 4.38. The van der Waals surface area contributed by atoms with Crippen LogP contribution in [0.25, 0.3) is 0 Å². The van der Waals surface area contributed by atoms with Crippen molar-refractivity contribution in [2.75, 3.05) is 25.1 Å². The Labute approximate surface area is 149 Å². The molecule has 1 unspecified atom stereocenters. The number of anilines is 1. The molecule has 132 valence electrons. The summed E-state index contributed by atoms with van der Waals surface area (Å²) in [6, 6.07) is 8.76. The van der Waals surface area contributed by atoms with Crippen molar-refractivity contribution in [1.29, 1.82) is 0 Å². The summed E-state index contributed by atoms with van der Waals surface area (Å²) in [7, 11) is 0. The quantitative estimate of drug-likeness (QED) is 0.578. The maximum atomic E-state index is 12.2. The lowest BCUT2D eigenvalue weighted by Gasteiger charge is -2.12. The van der Waals surface area contributed by atoms with Crippen LogP contribution in [0.2, 0.25) is 0 Å². The highest BCUT2D eigenvalue weighted by Crippen LogP contribution is 2.25. The summed E-state index contributed by atoms with van der Waals surface area (Å²) in [5.74, 6) is -0.203. The second-order valence-electron chi connectivity index (χ2n) is 5.50. The summed E-state index contributed by atoms with van der Waals surface area (Å²) in [5, 5.41) is 4.73. The van der Waals surface area contributed by atoms with Gasteiger partial charge in [-0.1, -0.05) is 6.07 Å². The molecule has 1 amide bonds. The molecule has 0 bridgehead atoms. The Hall–Kier alpha value is -2.38. The van der Waals surface area contributed by atoms with Crippen molar-refractivity contribution in [3.8, 4) is 5.75 Å². The summed E-state index contributed by atoms with van der Waals surface area (Å²) in [6.07, 6.45) is 0.379. The van der Waals surface area contributed by atoms with Gasteiger partial charge in [-0.2, -0.15) is 0 Å².